The van der Waals surface area contributed by atoms with Crippen LogP contribution in [0.4, 0.5) is 13.2 Å². The van der Waals surface area contributed by atoms with Crippen LogP contribution in [0.1, 0.15) is 5.69 Å². The summed E-state index contributed by atoms with van der Waals surface area (Å²) in [7, 11) is 0. The Morgan fingerprint density at radius 2 is 1.79 bits per heavy atom. The molecule has 0 radical (unpaired) electrons. The van der Waals surface area contributed by atoms with Crippen LogP contribution in [0.2, 0.25) is 5.02 Å². The van der Waals surface area contributed by atoms with E-state index in [1.165, 1.54) is 0 Å². The van der Waals surface area contributed by atoms with Crippen molar-refractivity contribution in [1.82, 2.24) is 4.98 Å². The summed E-state index contributed by atoms with van der Waals surface area (Å²) in [5.74, 6) is 0. The number of fused-ring (bicyclic) bond motifs is 1. The summed E-state index contributed by atoms with van der Waals surface area (Å²) in [5.41, 5.74) is -0.495. The van der Waals surface area contributed by atoms with Crippen LogP contribution in [0.25, 0.3) is 10.9 Å². The Morgan fingerprint density at radius 3 is 2.36 bits per heavy atom. The zero-order chi connectivity index (χ0) is 10.3. The van der Waals surface area contributed by atoms with Crippen molar-refractivity contribution >= 4 is 22.5 Å². The summed E-state index contributed by atoms with van der Waals surface area (Å²) in [6, 6.07) is 6.39. The van der Waals surface area contributed by atoms with Gasteiger partial charge in [-0.15, -0.1) is 0 Å². The predicted octanol–water partition coefficient (Wildman–Crippen LogP) is 3.84. The van der Waals surface area contributed by atoms with Gasteiger partial charge in [0.05, 0.1) is 5.02 Å². The van der Waals surface area contributed by atoms with Crippen molar-refractivity contribution in [2.24, 2.45) is 0 Å². The molecule has 1 heterocycles. The Labute approximate surface area is 82.5 Å². The van der Waals surface area contributed by atoms with Crippen molar-refractivity contribution in [3.8, 4) is 0 Å². The highest BCUT2D eigenvalue weighted by atomic mass is 35.5. The first-order chi connectivity index (χ1) is 6.50. The van der Waals surface area contributed by atoms with Gasteiger partial charge >= 0.3 is 6.18 Å². The first-order valence-electron chi connectivity index (χ1n) is 3.83. The van der Waals surface area contributed by atoms with Gasteiger partial charge < -0.3 is 4.98 Å². The van der Waals surface area contributed by atoms with Crippen LogP contribution in [-0.4, -0.2) is 4.98 Å². The highest BCUT2D eigenvalue weighted by Crippen LogP contribution is 2.38. The minimum absolute atomic E-state index is 0.270. The zero-order valence-electron chi connectivity index (χ0n) is 6.82. The topological polar surface area (TPSA) is 15.8 Å². The second-order valence-corrected chi connectivity index (χ2v) is 3.24. The third-order valence-electron chi connectivity index (χ3n) is 1.93. The molecule has 0 bridgehead atoms. The highest BCUT2D eigenvalue weighted by molar-refractivity contribution is 6.36. The fraction of sp³-hybridized carbons (Fsp3) is 0.111. The number of aromatic nitrogens is 1. The van der Waals surface area contributed by atoms with Crippen LogP contribution in [0.3, 0.4) is 0 Å². The lowest BCUT2D eigenvalue weighted by Gasteiger charge is -2.02. The average molecular weight is 220 g/mol. The second kappa shape index (κ2) is 2.92. The van der Waals surface area contributed by atoms with Crippen LogP contribution in [-0.2, 0) is 6.18 Å². The van der Waals surface area contributed by atoms with Crippen LogP contribution >= 0.6 is 11.6 Å². The maximum absolute atomic E-state index is 12.4. The van der Waals surface area contributed by atoms with Gasteiger partial charge in [-0.3, -0.25) is 0 Å². The molecule has 14 heavy (non-hydrogen) atoms. The molecule has 1 aromatic carbocycles. The number of nitrogens with one attached hydrogen (secondary N) is 1. The summed E-state index contributed by atoms with van der Waals surface area (Å²) in [6.45, 7) is 0. The molecule has 0 unspecified atom stereocenters. The molecule has 74 valence electrons. The molecule has 0 aliphatic heterocycles. The molecular weight excluding hydrogens is 215 g/mol. The van der Waals surface area contributed by atoms with Crippen LogP contribution < -0.4 is 0 Å². The minimum Gasteiger partial charge on any atom is -0.350 e. The summed E-state index contributed by atoms with van der Waals surface area (Å²) in [5, 5.41) is 0.120. The first kappa shape index (κ1) is 9.40. The number of benzene rings is 1. The zero-order valence-corrected chi connectivity index (χ0v) is 7.58. The lowest BCUT2D eigenvalue weighted by Crippen LogP contribution is -2.05. The monoisotopic (exact) mass is 219 g/mol. The Balaban J connectivity index is 2.75. The first-order valence-corrected chi connectivity index (χ1v) is 4.21. The number of alkyl halides is 3. The van der Waals surface area contributed by atoms with Gasteiger partial charge in [0.15, 0.2) is 0 Å². The molecule has 5 heteroatoms. The number of rotatable bonds is 0. The standard InChI is InChI=1S/C9H5ClF3N/c10-7-5-3-1-2-4-6(5)14-8(7)9(11,12)13/h1-4,14H. The Hall–Kier alpha value is -1.16. The summed E-state index contributed by atoms with van der Waals surface area (Å²) in [6.07, 6.45) is -4.43. The summed E-state index contributed by atoms with van der Waals surface area (Å²) >= 11 is 5.59. The van der Waals surface area contributed by atoms with Crippen molar-refractivity contribution < 1.29 is 13.2 Å². The summed E-state index contributed by atoms with van der Waals surface area (Å²) < 4.78 is 37.1. The Bertz CT molecular complexity index is 472. The van der Waals surface area contributed by atoms with Crippen molar-refractivity contribution in [2.45, 2.75) is 6.18 Å². The van der Waals surface area contributed by atoms with E-state index in [0.717, 1.165) is 0 Å². The lowest BCUT2D eigenvalue weighted by molar-refractivity contribution is -0.140. The van der Waals surface area contributed by atoms with E-state index in [9.17, 15) is 13.2 Å². The molecule has 0 fully saturated rings. The van der Waals surface area contributed by atoms with E-state index < -0.39 is 11.9 Å². The quantitative estimate of drug-likeness (QED) is 0.693. The van der Waals surface area contributed by atoms with Crippen LogP contribution in [0, 0.1) is 0 Å². The molecule has 1 aromatic heterocycles. The largest absolute Gasteiger partial charge is 0.432 e. The van der Waals surface area contributed by atoms with Gasteiger partial charge in [-0.1, -0.05) is 29.8 Å². The van der Waals surface area contributed by atoms with Crippen molar-refractivity contribution in [2.75, 3.05) is 0 Å². The molecule has 0 aliphatic carbocycles. The van der Waals surface area contributed by atoms with Gasteiger partial charge in [-0.25, -0.2) is 0 Å². The van der Waals surface area contributed by atoms with E-state index in [1.54, 1.807) is 24.3 Å². The fourth-order valence-corrected chi connectivity index (χ4v) is 1.62. The van der Waals surface area contributed by atoms with Crippen molar-refractivity contribution in [1.29, 1.82) is 0 Å². The fourth-order valence-electron chi connectivity index (χ4n) is 1.30. The maximum Gasteiger partial charge on any atom is 0.432 e. The minimum atomic E-state index is -4.43. The molecule has 0 saturated carbocycles. The second-order valence-electron chi connectivity index (χ2n) is 2.86. The van der Waals surface area contributed by atoms with Gasteiger partial charge in [0.25, 0.3) is 0 Å². The number of aromatic amines is 1. The maximum atomic E-state index is 12.4. The highest BCUT2D eigenvalue weighted by Gasteiger charge is 2.35. The number of halogens is 4. The third kappa shape index (κ3) is 1.35. The molecule has 2 rings (SSSR count). The number of H-pyrrole nitrogens is 1. The molecule has 2 aromatic rings. The van der Waals surface area contributed by atoms with E-state index in [2.05, 4.69) is 4.98 Å². The van der Waals surface area contributed by atoms with E-state index in [4.69, 9.17) is 11.6 Å². The number of hydrogen-bond acceptors (Lipinski definition) is 0. The molecule has 1 nitrogen and oxygen atoms in total. The molecular formula is C9H5ClF3N. The SMILES string of the molecule is FC(F)(F)c1[nH]c2ccccc2c1Cl. The average Bonchev–Trinajstić information content (AvgIpc) is 2.44. The van der Waals surface area contributed by atoms with Gasteiger partial charge in [0.2, 0.25) is 0 Å². The number of hydrogen-bond donors (Lipinski definition) is 1. The molecule has 0 atom stereocenters. The normalized spacial score (nSPS) is 12.3. The summed E-state index contributed by atoms with van der Waals surface area (Å²) in [4.78, 5) is 2.25. The van der Waals surface area contributed by atoms with Crippen LogP contribution in [0.5, 0.6) is 0 Å². The van der Waals surface area contributed by atoms with Gasteiger partial charge in [-0.2, -0.15) is 13.2 Å². The van der Waals surface area contributed by atoms with E-state index >= 15 is 0 Å². The third-order valence-corrected chi connectivity index (χ3v) is 2.32. The van der Waals surface area contributed by atoms with Gasteiger partial charge in [-0.05, 0) is 6.07 Å². The lowest BCUT2D eigenvalue weighted by atomic mass is 10.2. The van der Waals surface area contributed by atoms with Crippen molar-refractivity contribution in [3.05, 3.63) is 35.0 Å². The van der Waals surface area contributed by atoms with E-state index in [0.29, 0.717) is 10.9 Å². The number of para-hydroxylation sites is 1. The molecule has 0 spiro atoms. The van der Waals surface area contributed by atoms with E-state index in [-0.39, 0.29) is 5.02 Å². The van der Waals surface area contributed by atoms with Crippen LogP contribution in [0.15, 0.2) is 24.3 Å². The van der Waals surface area contributed by atoms with E-state index in [1.807, 2.05) is 0 Å². The molecule has 0 saturated heterocycles. The molecule has 1 N–H and O–H groups in total. The Kier molecular flexibility index (Phi) is 1.96. The predicted molar refractivity (Wildman–Crippen MR) is 48.3 cm³/mol. The van der Waals surface area contributed by atoms with Gasteiger partial charge in [0, 0.05) is 10.9 Å². The Morgan fingerprint density at radius 1 is 1.14 bits per heavy atom. The van der Waals surface area contributed by atoms with Gasteiger partial charge in [0.1, 0.15) is 5.69 Å². The smallest absolute Gasteiger partial charge is 0.350 e. The molecule has 0 amide bonds. The molecule has 0 aliphatic rings. The van der Waals surface area contributed by atoms with Crippen molar-refractivity contribution in [3.63, 3.8) is 0 Å².